The largest absolute Gasteiger partial charge is 0.493 e. The highest BCUT2D eigenvalue weighted by atomic mass is 19.4. The number of rotatable bonds is 4. The van der Waals surface area contributed by atoms with Crippen molar-refractivity contribution >= 4 is 5.91 Å². The average Bonchev–Trinajstić information content (AvgIpc) is 2.47. The van der Waals surface area contributed by atoms with Crippen molar-refractivity contribution in [3.8, 4) is 5.75 Å². The van der Waals surface area contributed by atoms with E-state index in [0.717, 1.165) is 0 Å². The minimum Gasteiger partial charge on any atom is -0.493 e. The van der Waals surface area contributed by atoms with Crippen molar-refractivity contribution in [2.45, 2.75) is 44.8 Å². The van der Waals surface area contributed by atoms with E-state index in [1.807, 2.05) is 6.92 Å². The Kier molecular flexibility index (Phi) is 5.32. The zero-order valence-corrected chi connectivity index (χ0v) is 12.5. The number of hydrogen-bond acceptors (Lipinski definition) is 2. The lowest BCUT2D eigenvalue weighted by Crippen LogP contribution is -2.41. The van der Waals surface area contributed by atoms with Gasteiger partial charge < -0.3 is 10.1 Å². The van der Waals surface area contributed by atoms with Gasteiger partial charge in [-0.3, -0.25) is 4.79 Å². The number of hydrogen-bond donors (Lipinski definition) is 1. The molecule has 0 saturated heterocycles. The van der Waals surface area contributed by atoms with Crippen molar-refractivity contribution in [2.75, 3.05) is 6.61 Å². The van der Waals surface area contributed by atoms with Crippen molar-refractivity contribution in [3.05, 3.63) is 29.8 Å². The predicted octanol–water partition coefficient (Wildman–Crippen LogP) is 3.94. The van der Waals surface area contributed by atoms with Gasteiger partial charge in [0, 0.05) is 6.04 Å². The number of amides is 1. The third-order valence-corrected chi connectivity index (χ3v) is 3.90. The molecule has 0 radical (unpaired) electrons. The van der Waals surface area contributed by atoms with Gasteiger partial charge in [0.1, 0.15) is 5.75 Å². The van der Waals surface area contributed by atoms with Crippen LogP contribution in [0, 0.1) is 5.92 Å². The van der Waals surface area contributed by atoms with E-state index in [2.05, 4.69) is 5.32 Å². The van der Waals surface area contributed by atoms with Crippen molar-refractivity contribution < 1.29 is 22.7 Å². The van der Waals surface area contributed by atoms with Crippen LogP contribution in [0.1, 0.15) is 43.0 Å². The maximum atomic E-state index is 12.8. The van der Waals surface area contributed by atoms with Crippen LogP contribution < -0.4 is 10.1 Å². The van der Waals surface area contributed by atoms with E-state index < -0.39 is 18.1 Å². The molecule has 2 rings (SSSR count). The number of nitrogens with one attached hydrogen (secondary N) is 1. The van der Waals surface area contributed by atoms with Crippen molar-refractivity contribution in [2.24, 2.45) is 5.92 Å². The summed E-state index contributed by atoms with van der Waals surface area (Å²) in [7, 11) is 0. The molecule has 22 heavy (non-hydrogen) atoms. The molecule has 1 aliphatic rings. The van der Waals surface area contributed by atoms with E-state index in [0.29, 0.717) is 30.8 Å². The molecule has 1 saturated carbocycles. The molecule has 1 fully saturated rings. The summed E-state index contributed by atoms with van der Waals surface area (Å²) in [6, 6.07) is 6.31. The number of carbonyl (C=O) groups is 1. The Bertz CT molecular complexity index is 516. The van der Waals surface area contributed by atoms with Gasteiger partial charge in [-0.05, 0) is 38.3 Å². The Hall–Kier alpha value is -1.72. The summed E-state index contributed by atoms with van der Waals surface area (Å²) in [5.74, 6) is -1.25. The Morgan fingerprint density at radius 2 is 2.05 bits per heavy atom. The van der Waals surface area contributed by atoms with Crippen molar-refractivity contribution in [3.63, 3.8) is 0 Å². The summed E-state index contributed by atoms with van der Waals surface area (Å²) in [5.41, 5.74) is 0.360. The first kappa shape index (κ1) is 16.6. The van der Waals surface area contributed by atoms with Crippen LogP contribution in [0.25, 0.3) is 0 Å². The first-order valence-electron chi connectivity index (χ1n) is 7.51. The minimum absolute atomic E-state index is 0.0496. The zero-order valence-electron chi connectivity index (χ0n) is 12.5. The molecule has 0 unspecified atom stereocenters. The summed E-state index contributed by atoms with van der Waals surface area (Å²) >= 11 is 0. The normalized spacial score (nSPS) is 22.2. The molecule has 6 heteroatoms. The van der Waals surface area contributed by atoms with Crippen LogP contribution >= 0.6 is 0 Å². The lowest BCUT2D eigenvalue weighted by Gasteiger charge is -2.31. The Labute approximate surface area is 127 Å². The highest BCUT2D eigenvalue weighted by Gasteiger charge is 2.42. The number of benzene rings is 1. The second kappa shape index (κ2) is 7.03. The number of para-hydroxylation sites is 1. The fourth-order valence-electron chi connectivity index (χ4n) is 2.82. The van der Waals surface area contributed by atoms with E-state index in [-0.39, 0.29) is 18.7 Å². The molecule has 0 spiro atoms. The SMILES string of the molecule is CCOc1ccccc1C(=O)N[C@H]1CCC[C@@H](C(F)(F)F)C1. The van der Waals surface area contributed by atoms with Crippen LogP contribution in [-0.4, -0.2) is 24.7 Å². The first-order valence-corrected chi connectivity index (χ1v) is 7.51. The molecule has 1 aromatic carbocycles. The monoisotopic (exact) mass is 315 g/mol. The molecule has 2 atom stereocenters. The average molecular weight is 315 g/mol. The van der Waals surface area contributed by atoms with Gasteiger partial charge in [-0.15, -0.1) is 0 Å². The molecule has 1 N–H and O–H groups in total. The predicted molar refractivity (Wildman–Crippen MR) is 76.9 cm³/mol. The molecule has 122 valence electrons. The van der Waals surface area contributed by atoms with Crippen LogP contribution in [0.15, 0.2) is 24.3 Å². The number of ether oxygens (including phenoxy) is 1. The van der Waals surface area contributed by atoms with E-state index in [4.69, 9.17) is 4.74 Å². The van der Waals surface area contributed by atoms with Crippen LogP contribution in [0.2, 0.25) is 0 Å². The van der Waals surface area contributed by atoms with Crippen LogP contribution in [-0.2, 0) is 0 Å². The van der Waals surface area contributed by atoms with E-state index in [1.165, 1.54) is 0 Å². The van der Waals surface area contributed by atoms with Gasteiger partial charge >= 0.3 is 6.18 Å². The third-order valence-electron chi connectivity index (χ3n) is 3.90. The van der Waals surface area contributed by atoms with Crippen molar-refractivity contribution in [1.29, 1.82) is 0 Å². The van der Waals surface area contributed by atoms with Crippen LogP contribution in [0.3, 0.4) is 0 Å². The third kappa shape index (κ3) is 4.15. The molecular formula is C16H20F3NO2. The fourth-order valence-corrected chi connectivity index (χ4v) is 2.82. The molecule has 0 bridgehead atoms. The Morgan fingerprint density at radius 1 is 1.32 bits per heavy atom. The van der Waals surface area contributed by atoms with E-state index in [9.17, 15) is 18.0 Å². The topological polar surface area (TPSA) is 38.3 Å². The minimum atomic E-state index is -4.19. The summed E-state index contributed by atoms with van der Waals surface area (Å²) in [6.45, 7) is 2.23. The molecule has 0 aromatic heterocycles. The van der Waals surface area contributed by atoms with Gasteiger partial charge in [0.25, 0.3) is 5.91 Å². The van der Waals surface area contributed by atoms with E-state index in [1.54, 1.807) is 24.3 Å². The molecule has 0 aliphatic heterocycles. The van der Waals surface area contributed by atoms with Gasteiger partial charge in [0.15, 0.2) is 0 Å². The number of alkyl halides is 3. The second-order valence-corrected chi connectivity index (χ2v) is 5.50. The van der Waals surface area contributed by atoms with Crippen LogP contribution in [0.4, 0.5) is 13.2 Å². The molecule has 3 nitrogen and oxygen atoms in total. The Morgan fingerprint density at radius 3 is 2.73 bits per heavy atom. The van der Waals surface area contributed by atoms with Crippen LogP contribution in [0.5, 0.6) is 5.75 Å². The summed E-state index contributed by atoms with van der Waals surface area (Å²) in [4.78, 5) is 12.3. The maximum Gasteiger partial charge on any atom is 0.391 e. The summed E-state index contributed by atoms with van der Waals surface area (Å²) in [6.07, 6.45) is -3.04. The number of carbonyl (C=O) groups excluding carboxylic acids is 1. The molecule has 1 aliphatic carbocycles. The van der Waals surface area contributed by atoms with Gasteiger partial charge in [-0.1, -0.05) is 18.6 Å². The highest BCUT2D eigenvalue weighted by molar-refractivity contribution is 5.97. The number of halogens is 3. The smallest absolute Gasteiger partial charge is 0.391 e. The Balaban J connectivity index is 2.03. The molecular weight excluding hydrogens is 295 g/mol. The zero-order chi connectivity index (χ0) is 16.2. The molecule has 1 amide bonds. The second-order valence-electron chi connectivity index (χ2n) is 5.50. The van der Waals surface area contributed by atoms with Crippen molar-refractivity contribution in [1.82, 2.24) is 5.32 Å². The van der Waals surface area contributed by atoms with Gasteiger partial charge in [-0.25, -0.2) is 0 Å². The van der Waals surface area contributed by atoms with Gasteiger partial charge in [0.2, 0.25) is 0 Å². The van der Waals surface area contributed by atoms with Gasteiger partial charge in [0.05, 0.1) is 18.1 Å². The summed E-state index contributed by atoms with van der Waals surface area (Å²) in [5, 5.41) is 2.72. The highest BCUT2D eigenvalue weighted by Crippen LogP contribution is 2.37. The quantitative estimate of drug-likeness (QED) is 0.914. The first-order chi connectivity index (χ1) is 10.4. The standard InChI is InChI=1S/C16H20F3NO2/c1-2-22-14-9-4-3-8-13(14)15(21)20-12-7-5-6-11(10-12)16(17,18)19/h3-4,8-9,11-12H,2,5-7,10H2,1H3,(H,20,21)/t11-,12+/m1/s1. The maximum absolute atomic E-state index is 12.8. The van der Waals surface area contributed by atoms with Gasteiger partial charge in [-0.2, -0.15) is 13.2 Å². The lowest BCUT2D eigenvalue weighted by atomic mass is 9.85. The molecule has 1 aromatic rings. The summed E-state index contributed by atoms with van der Waals surface area (Å²) < 4.78 is 43.8. The molecule has 0 heterocycles. The van der Waals surface area contributed by atoms with E-state index >= 15 is 0 Å². The fraction of sp³-hybridized carbons (Fsp3) is 0.562. The lowest BCUT2D eigenvalue weighted by molar-refractivity contribution is -0.183.